The monoisotopic (exact) mass is 454 g/mol. The van der Waals surface area contributed by atoms with Crippen LogP contribution in [-0.4, -0.2) is 28.0 Å². The minimum Gasteiger partial charge on any atom is -0.496 e. The van der Waals surface area contributed by atoms with E-state index in [0.717, 1.165) is 3.57 Å². The number of amides is 1. The maximum Gasteiger partial charge on any atom is 0.259 e. The lowest BCUT2D eigenvalue weighted by Gasteiger charge is -2.13. The lowest BCUT2D eigenvalue weighted by molar-refractivity contribution is 0.102. The molecule has 0 atom stereocenters. The molecule has 0 spiro atoms. The summed E-state index contributed by atoms with van der Waals surface area (Å²) in [5.74, 6) is 0.136. The largest absolute Gasteiger partial charge is 0.496 e. The number of benzene rings is 2. The first kappa shape index (κ1) is 16.7. The Bertz CT molecular complexity index is 884. The number of nitrogens with zero attached hydrogens (tertiary/aromatic N) is 3. The van der Waals surface area contributed by atoms with Crippen LogP contribution < -0.4 is 10.1 Å². The SMILES string of the molecule is COc1cc(I)c(Cl)cc1C(=O)Nc1ccccc1-n1ccnn1. The highest BCUT2D eigenvalue weighted by atomic mass is 127. The molecule has 1 amide bonds. The molecule has 1 heterocycles. The van der Waals surface area contributed by atoms with Gasteiger partial charge >= 0.3 is 0 Å². The number of rotatable bonds is 4. The summed E-state index contributed by atoms with van der Waals surface area (Å²) in [5.41, 5.74) is 1.67. The Labute approximate surface area is 156 Å². The number of nitrogens with one attached hydrogen (secondary N) is 1. The number of halogens is 2. The van der Waals surface area contributed by atoms with Gasteiger partial charge in [0, 0.05) is 3.57 Å². The van der Waals surface area contributed by atoms with Gasteiger partial charge in [-0.2, -0.15) is 0 Å². The number of methoxy groups -OCH3 is 1. The number of anilines is 1. The molecule has 1 aromatic heterocycles. The molecule has 0 aliphatic carbocycles. The molecule has 2 aromatic carbocycles. The van der Waals surface area contributed by atoms with E-state index < -0.39 is 0 Å². The van der Waals surface area contributed by atoms with E-state index in [1.165, 1.54) is 7.11 Å². The summed E-state index contributed by atoms with van der Waals surface area (Å²) in [4.78, 5) is 12.7. The highest BCUT2D eigenvalue weighted by molar-refractivity contribution is 14.1. The molecule has 0 fully saturated rings. The Morgan fingerprint density at radius 3 is 2.83 bits per heavy atom. The molecule has 0 bridgehead atoms. The highest BCUT2D eigenvalue weighted by Crippen LogP contribution is 2.29. The van der Waals surface area contributed by atoms with Gasteiger partial charge < -0.3 is 10.1 Å². The van der Waals surface area contributed by atoms with E-state index in [1.807, 2.05) is 18.2 Å². The van der Waals surface area contributed by atoms with E-state index in [1.54, 1.807) is 35.3 Å². The van der Waals surface area contributed by atoms with Gasteiger partial charge in [-0.25, -0.2) is 4.68 Å². The van der Waals surface area contributed by atoms with Crippen molar-refractivity contribution in [2.24, 2.45) is 0 Å². The zero-order valence-corrected chi connectivity index (χ0v) is 15.4. The Balaban J connectivity index is 1.96. The number of carbonyl (C=O) groups is 1. The van der Waals surface area contributed by atoms with Crippen molar-refractivity contribution in [2.75, 3.05) is 12.4 Å². The van der Waals surface area contributed by atoms with Crippen molar-refractivity contribution in [1.82, 2.24) is 15.0 Å². The van der Waals surface area contributed by atoms with Crippen LogP contribution in [0.5, 0.6) is 5.75 Å². The summed E-state index contributed by atoms with van der Waals surface area (Å²) in [7, 11) is 1.51. The summed E-state index contributed by atoms with van der Waals surface area (Å²) in [5, 5.41) is 11.1. The molecule has 8 heteroatoms. The molecule has 3 aromatic rings. The average molecular weight is 455 g/mol. The Kier molecular flexibility index (Phi) is 5.00. The third-order valence-corrected chi connectivity index (χ3v) is 4.83. The van der Waals surface area contributed by atoms with Crippen molar-refractivity contribution < 1.29 is 9.53 Å². The van der Waals surface area contributed by atoms with Crippen molar-refractivity contribution >= 4 is 45.8 Å². The van der Waals surface area contributed by atoms with Crippen LogP contribution in [-0.2, 0) is 0 Å². The van der Waals surface area contributed by atoms with E-state index in [0.29, 0.717) is 27.7 Å². The Morgan fingerprint density at radius 2 is 2.12 bits per heavy atom. The zero-order chi connectivity index (χ0) is 17.1. The van der Waals surface area contributed by atoms with Gasteiger partial charge in [0.05, 0.1) is 41.5 Å². The first-order valence-electron chi connectivity index (χ1n) is 6.90. The van der Waals surface area contributed by atoms with Crippen LogP contribution in [0.3, 0.4) is 0 Å². The van der Waals surface area contributed by atoms with Crippen LogP contribution in [0, 0.1) is 3.57 Å². The molecule has 0 saturated heterocycles. The maximum absolute atomic E-state index is 12.7. The summed E-state index contributed by atoms with van der Waals surface area (Å²) in [6, 6.07) is 10.6. The molecule has 0 aliphatic rings. The van der Waals surface area contributed by atoms with Crippen molar-refractivity contribution in [3.05, 3.63) is 62.9 Å². The number of aromatic nitrogens is 3. The average Bonchev–Trinajstić information content (AvgIpc) is 3.11. The summed E-state index contributed by atoms with van der Waals surface area (Å²) in [6.45, 7) is 0. The molecular formula is C16H12ClIN4O2. The van der Waals surface area contributed by atoms with E-state index in [9.17, 15) is 4.79 Å². The number of para-hydroxylation sites is 2. The van der Waals surface area contributed by atoms with E-state index in [2.05, 4.69) is 38.2 Å². The predicted molar refractivity (Wildman–Crippen MR) is 100 cm³/mol. The summed E-state index contributed by atoms with van der Waals surface area (Å²) in [6.07, 6.45) is 3.27. The first-order chi connectivity index (χ1) is 11.6. The summed E-state index contributed by atoms with van der Waals surface area (Å²) < 4.78 is 7.68. The fraction of sp³-hybridized carbons (Fsp3) is 0.0625. The highest BCUT2D eigenvalue weighted by Gasteiger charge is 2.17. The molecule has 0 saturated carbocycles. The fourth-order valence-corrected chi connectivity index (χ4v) is 2.78. The smallest absolute Gasteiger partial charge is 0.259 e. The minimum atomic E-state index is -0.322. The first-order valence-corrected chi connectivity index (χ1v) is 8.36. The van der Waals surface area contributed by atoms with Crippen LogP contribution in [0.4, 0.5) is 5.69 Å². The van der Waals surface area contributed by atoms with Gasteiger partial charge in [0.25, 0.3) is 5.91 Å². The second kappa shape index (κ2) is 7.18. The lowest BCUT2D eigenvalue weighted by Crippen LogP contribution is -2.15. The number of hydrogen-bond donors (Lipinski definition) is 1. The van der Waals surface area contributed by atoms with Crippen LogP contribution in [0.2, 0.25) is 5.02 Å². The number of carbonyl (C=O) groups excluding carboxylic acids is 1. The van der Waals surface area contributed by atoms with E-state index in [-0.39, 0.29) is 5.91 Å². The topological polar surface area (TPSA) is 69.0 Å². The fourth-order valence-electron chi connectivity index (χ4n) is 2.18. The van der Waals surface area contributed by atoms with Crippen molar-refractivity contribution in [3.63, 3.8) is 0 Å². The Morgan fingerprint density at radius 1 is 1.33 bits per heavy atom. The second-order valence-electron chi connectivity index (χ2n) is 4.79. The van der Waals surface area contributed by atoms with Crippen molar-refractivity contribution in [3.8, 4) is 11.4 Å². The third kappa shape index (κ3) is 3.36. The van der Waals surface area contributed by atoms with Gasteiger partial charge in [-0.15, -0.1) is 5.10 Å². The van der Waals surface area contributed by atoms with Gasteiger partial charge in [-0.3, -0.25) is 4.79 Å². The van der Waals surface area contributed by atoms with Gasteiger partial charge in [0.15, 0.2) is 0 Å². The van der Waals surface area contributed by atoms with Crippen LogP contribution in [0.25, 0.3) is 5.69 Å². The maximum atomic E-state index is 12.7. The predicted octanol–water partition coefficient (Wildman–Crippen LogP) is 3.79. The van der Waals surface area contributed by atoms with Crippen LogP contribution in [0.15, 0.2) is 48.8 Å². The van der Waals surface area contributed by atoms with Gasteiger partial charge in [0.2, 0.25) is 0 Å². The molecule has 24 heavy (non-hydrogen) atoms. The lowest BCUT2D eigenvalue weighted by atomic mass is 10.1. The molecular weight excluding hydrogens is 443 g/mol. The van der Waals surface area contributed by atoms with E-state index in [4.69, 9.17) is 16.3 Å². The van der Waals surface area contributed by atoms with Crippen LogP contribution >= 0.6 is 34.2 Å². The molecule has 0 aliphatic heterocycles. The molecule has 3 rings (SSSR count). The minimum absolute atomic E-state index is 0.322. The van der Waals surface area contributed by atoms with Crippen molar-refractivity contribution in [1.29, 1.82) is 0 Å². The summed E-state index contributed by atoms with van der Waals surface area (Å²) >= 11 is 8.22. The van der Waals surface area contributed by atoms with E-state index >= 15 is 0 Å². The number of hydrogen-bond acceptors (Lipinski definition) is 4. The normalized spacial score (nSPS) is 10.5. The number of ether oxygens (including phenoxy) is 1. The second-order valence-corrected chi connectivity index (χ2v) is 6.35. The molecule has 122 valence electrons. The van der Waals surface area contributed by atoms with Gasteiger partial charge in [0.1, 0.15) is 5.75 Å². The van der Waals surface area contributed by atoms with Crippen molar-refractivity contribution in [2.45, 2.75) is 0 Å². The third-order valence-electron chi connectivity index (χ3n) is 3.31. The van der Waals surface area contributed by atoms with Gasteiger partial charge in [-0.1, -0.05) is 28.9 Å². The molecule has 6 nitrogen and oxygen atoms in total. The standard InChI is InChI=1S/C16H12ClIN4O2/c1-24-15-9-12(18)11(17)8-10(15)16(23)20-13-4-2-3-5-14(13)22-7-6-19-21-22/h2-9H,1H3,(H,20,23). The molecule has 1 N–H and O–H groups in total. The van der Waals surface area contributed by atoms with Crippen LogP contribution in [0.1, 0.15) is 10.4 Å². The quantitative estimate of drug-likeness (QED) is 0.609. The zero-order valence-electron chi connectivity index (χ0n) is 12.5. The van der Waals surface area contributed by atoms with Gasteiger partial charge in [-0.05, 0) is 46.9 Å². The Hall–Kier alpha value is -2.13. The molecule has 0 radical (unpaired) electrons. The molecule has 0 unspecified atom stereocenters.